The van der Waals surface area contributed by atoms with Crippen LogP contribution in [0, 0.1) is 0 Å². The molecule has 2 aliphatic rings. The summed E-state index contributed by atoms with van der Waals surface area (Å²) in [5, 5.41) is 2.76. The average molecular weight is 643 g/mol. The van der Waals surface area contributed by atoms with Crippen LogP contribution in [0.5, 0.6) is 0 Å². The van der Waals surface area contributed by atoms with Crippen LogP contribution in [-0.2, 0) is 46.4 Å². The predicted octanol–water partition coefficient (Wildman–Crippen LogP) is 1.80. The van der Waals surface area contributed by atoms with Crippen LogP contribution in [0.3, 0.4) is 0 Å². The fourth-order valence-corrected chi connectivity index (χ4v) is 5.86. The van der Waals surface area contributed by atoms with Gasteiger partial charge in [-0.05, 0) is 36.8 Å². The Kier molecular flexibility index (Phi) is 9.67. The van der Waals surface area contributed by atoms with Crippen molar-refractivity contribution in [3.05, 3.63) is 94.8 Å². The molecule has 2 aromatic heterocycles. The number of imidazole rings is 1. The SMILES string of the molecule is O=C(OC[C@@H]1CC[C@H](n2cnc3c(=O)[nH]cnc32)O1)C(=O)N1CCCC1C(=O)N[C@H](Cc1ccccc1)C(=O)OCc1ccccc1. The second-order valence-electron chi connectivity index (χ2n) is 11.4. The summed E-state index contributed by atoms with van der Waals surface area (Å²) in [6, 6.07) is 16.5. The van der Waals surface area contributed by atoms with Crippen molar-refractivity contribution in [2.45, 2.75) is 63.1 Å². The number of benzene rings is 2. The fraction of sp³-hybridized carbons (Fsp3) is 0.364. The Labute approximate surface area is 269 Å². The standard InChI is InChI=1S/C33H34N6O8/c40-29(37-24(16-21-8-3-1-4-9-21)32(43)45-17-22-10-5-2-6-11-22)25-12-7-15-38(25)31(42)33(44)46-18-23-13-14-26(47-23)39-20-36-27-28(39)34-19-35-30(27)41/h1-6,8-11,19-20,23-26H,7,12-18H2,(H,37,40)(H,34,35,41)/t23-,24+,25?,26+/m0/s1. The number of carbonyl (C=O) groups is 4. The number of hydrogen-bond donors (Lipinski definition) is 2. The van der Waals surface area contributed by atoms with Crippen molar-refractivity contribution in [2.24, 2.45) is 0 Å². The maximum absolute atomic E-state index is 13.5. The molecule has 2 fully saturated rings. The summed E-state index contributed by atoms with van der Waals surface area (Å²) in [7, 11) is 0. The smallest absolute Gasteiger partial charge is 0.397 e. The Bertz CT molecular complexity index is 1790. The monoisotopic (exact) mass is 642 g/mol. The molecule has 2 N–H and O–H groups in total. The topological polar surface area (TPSA) is 175 Å². The van der Waals surface area contributed by atoms with Crippen LogP contribution in [0.25, 0.3) is 11.2 Å². The van der Waals surface area contributed by atoms with Crippen LogP contribution < -0.4 is 10.9 Å². The van der Waals surface area contributed by atoms with E-state index < -0.39 is 48.2 Å². The molecule has 2 saturated heterocycles. The molecule has 4 heterocycles. The van der Waals surface area contributed by atoms with Crippen LogP contribution >= 0.6 is 0 Å². The van der Waals surface area contributed by atoms with E-state index in [1.807, 2.05) is 60.7 Å². The van der Waals surface area contributed by atoms with Crippen molar-refractivity contribution in [1.82, 2.24) is 29.7 Å². The summed E-state index contributed by atoms with van der Waals surface area (Å²) in [4.78, 5) is 76.5. The third-order valence-electron chi connectivity index (χ3n) is 8.26. The highest BCUT2D eigenvalue weighted by atomic mass is 16.6. The highest BCUT2D eigenvalue weighted by molar-refractivity contribution is 6.32. The molecule has 0 aliphatic carbocycles. The molecule has 2 aliphatic heterocycles. The van der Waals surface area contributed by atoms with E-state index in [-0.39, 0.29) is 37.3 Å². The number of aromatic nitrogens is 4. The van der Waals surface area contributed by atoms with E-state index in [2.05, 4.69) is 20.3 Å². The number of H-pyrrole nitrogens is 1. The molecular formula is C33H34N6O8. The molecule has 0 saturated carbocycles. The van der Waals surface area contributed by atoms with Gasteiger partial charge in [0.2, 0.25) is 5.91 Å². The molecule has 14 nitrogen and oxygen atoms in total. The molecule has 0 radical (unpaired) electrons. The Morgan fingerprint density at radius 3 is 2.47 bits per heavy atom. The second-order valence-corrected chi connectivity index (χ2v) is 11.4. The number of nitrogens with zero attached hydrogens (tertiary/aromatic N) is 4. The highest BCUT2D eigenvalue weighted by Crippen LogP contribution is 2.30. The number of esters is 2. The minimum Gasteiger partial charge on any atom is -0.459 e. The van der Waals surface area contributed by atoms with Crippen LogP contribution in [0.15, 0.2) is 78.1 Å². The first kappa shape index (κ1) is 31.6. The lowest BCUT2D eigenvalue weighted by atomic mass is 10.1. The highest BCUT2D eigenvalue weighted by Gasteiger charge is 2.39. The molecule has 2 amide bonds. The predicted molar refractivity (Wildman–Crippen MR) is 165 cm³/mol. The quantitative estimate of drug-likeness (QED) is 0.192. The van der Waals surface area contributed by atoms with E-state index in [0.717, 1.165) is 11.1 Å². The average Bonchev–Trinajstić information content (AvgIpc) is 3.87. The number of rotatable bonds is 10. The van der Waals surface area contributed by atoms with Crippen molar-refractivity contribution < 1.29 is 33.4 Å². The molecule has 244 valence electrons. The van der Waals surface area contributed by atoms with Gasteiger partial charge in [-0.1, -0.05) is 60.7 Å². The second kappa shape index (κ2) is 14.4. The molecule has 2 aromatic carbocycles. The first-order valence-electron chi connectivity index (χ1n) is 15.5. The zero-order valence-corrected chi connectivity index (χ0v) is 25.4. The number of likely N-dealkylation sites (tertiary alicyclic amines) is 1. The van der Waals surface area contributed by atoms with Gasteiger partial charge >= 0.3 is 17.8 Å². The lowest BCUT2D eigenvalue weighted by Crippen LogP contribution is -2.53. The van der Waals surface area contributed by atoms with Crippen molar-refractivity contribution >= 4 is 34.9 Å². The summed E-state index contributed by atoms with van der Waals surface area (Å²) in [5.41, 5.74) is 1.83. The number of ether oxygens (including phenoxy) is 3. The maximum atomic E-state index is 13.5. The molecule has 0 spiro atoms. The van der Waals surface area contributed by atoms with Crippen LogP contribution in [0.4, 0.5) is 0 Å². The first-order chi connectivity index (χ1) is 22.9. The lowest BCUT2D eigenvalue weighted by Gasteiger charge is -2.25. The summed E-state index contributed by atoms with van der Waals surface area (Å²) < 4.78 is 18.5. The Morgan fingerprint density at radius 1 is 0.957 bits per heavy atom. The largest absolute Gasteiger partial charge is 0.459 e. The Hall–Kier alpha value is -5.37. The van der Waals surface area contributed by atoms with Gasteiger partial charge in [-0.2, -0.15) is 0 Å². The molecule has 4 atom stereocenters. The van der Waals surface area contributed by atoms with Gasteiger partial charge in [-0.15, -0.1) is 0 Å². The number of fused-ring (bicyclic) bond motifs is 1. The Balaban J connectivity index is 1.04. The van der Waals surface area contributed by atoms with E-state index in [1.54, 1.807) is 4.57 Å². The summed E-state index contributed by atoms with van der Waals surface area (Å²) >= 11 is 0. The van der Waals surface area contributed by atoms with E-state index in [1.165, 1.54) is 17.6 Å². The molecule has 4 aromatic rings. The lowest BCUT2D eigenvalue weighted by molar-refractivity contribution is -0.164. The van der Waals surface area contributed by atoms with Crippen LogP contribution in [-0.4, -0.2) is 79.5 Å². The number of carbonyl (C=O) groups excluding carboxylic acids is 4. The van der Waals surface area contributed by atoms with Crippen molar-refractivity contribution in [2.75, 3.05) is 13.2 Å². The van der Waals surface area contributed by atoms with Gasteiger partial charge in [0.05, 0.1) is 18.8 Å². The van der Waals surface area contributed by atoms with Crippen LogP contribution in [0.2, 0.25) is 0 Å². The molecule has 0 bridgehead atoms. The van der Waals surface area contributed by atoms with Gasteiger partial charge in [0.15, 0.2) is 11.2 Å². The molecule has 6 rings (SSSR count). The van der Waals surface area contributed by atoms with Crippen LogP contribution in [0.1, 0.15) is 43.0 Å². The van der Waals surface area contributed by atoms with E-state index in [0.29, 0.717) is 31.3 Å². The maximum Gasteiger partial charge on any atom is 0.397 e. The molecule has 1 unspecified atom stereocenters. The van der Waals surface area contributed by atoms with Crippen molar-refractivity contribution in [3.8, 4) is 0 Å². The third kappa shape index (κ3) is 7.38. The van der Waals surface area contributed by atoms with Crippen molar-refractivity contribution in [1.29, 1.82) is 0 Å². The number of aromatic amines is 1. The number of amides is 2. The minimum absolute atomic E-state index is 0.0434. The van der Waals surface area contributed by atoms with E-state index in [9.17, 15) is 24.0 Å². The van der Waals surface area contributed by atoms with Gasteiger partial charge in [0.25, 0.3) is 5.56 Å². The number of nitrogens with one attached hydrogen (secondary N) is 2. The normalized spacial score (nSPS) is 19.7. The summed E-state index contributed by atoms with van der Waals surface area (Å²) in [5.74, 6) is -3.20. The van der Waals surface area contributed by atoms with Gasteiger partial charge < -0.3 is 29.4 Å². The minimum atomic E-state index is -1.10. The van der Waals surface area contributed by atoms with Gasteiger partial charge in [-0.25, -0.2) is 19.6 Å². The first-order valence-corrected chi connectivity index (χ1v) is 15.5. The zero-order chi connectivity index (χ0) is 32.8. The molecule has 47 heavy (non-hydrogen) atoms. The summed E-state index contributed by atoms with van der Waals surface area (Å²) in [6.07, 6.45) is 3.91. The van der Waals surface area contributed by atoms with E-state index >= 15 is 0 Å². The number of hydrogen-bond acceptors (Lipinski definition) is 10. The van der Waals surface area contributed by atoms with E-state index in [4.69, 9.17) is 14.2 Å². The van der Waals surface area contributed by atoms with Gasteiger partial charge in [0.1, 0.15) is 31.5 Å². The Morgan fingerprint density at radius 2 is 1.70 bits per heavy atom. The zero-order valence-electron chi connectivity index (χ0n) is 25.4. The third-order valence-corrected chi connectivity index (χ3v) is 8.26. The van der Waals surface area contributed by atoms with Gasteiger partial charge in [0, 0.05) is 13.0 Å². The summed E-state index contributed by atoms with van der Waals surface area (Å²) in [6.45, 7) is 0.0657. The molecular weight excluding hydrogens is 608 g/mol. The fourth-order valence-electron chi connectivity index (χ4n) is 5.86. The van der Waals surface area contributed by atoms with Gasteiger partial charge in [-0.3, -0.25) is 19.0 Å². The van der Waals surface area contributed by atoms with Crippen molar-refractivity contribution in [3.63, 3.8) is 0 Å². The molecule has 14 heteroatoms.